The van der Waals surface area contributed by atoms with Crippen molar-refractivity contribution in [2.45, 2.75) is 11.8 Å². The summed E-state index contributed by atoms with van der Waals surface area (Å²) in [7, 11) is 0.0541. The van der Waals surface area contributed by atoms with Crippen molar-refractivity contribution in [3.8, 4) is 17.2 Å². The van der Waals surface area contributed by atoms with Gasteiger partial charge in [-0.15, -0.1) is 0 Å². The van der Waals surface area contributed by atoms with Crippen LogP contribution >= 0.6 is 11.6 Å². The topological polar surface area (TPSA) is 65.1 Å². The standard InChI is InChI=1S/C17H19ClFNO5S/c1-5-20(14-10-16(24-3)12(18)9-17(14)25-4)26(21,22)11-6-7-15(23-2)13(19)8-11/h6-10H,5H2,1-4H3. The molecule has 0 spiro atoms. The van der Waals surface area contributed by atoms with E-state index < -0.39 is 15.8 Å². The summed E-state index contributed by atoms with van der Waals surface area (Å²) in [4.78, 5) is -0.214. The molecule has 6 nitrogen and oxygen atoms in total. The zero-order valence-electron chi connectivity index (χ0n) is 14.7. The molecule has 0 aliphatic carbocycles. The first-order valence-corrected chi connectivity index (χ1v) is 9.39. The summed E-state index contributed by atoms with van der Waals surface area (Å²) in [5.74, 6) is -0.282. The lowest BCUT2D eigenvalue weighted by molar-refractivity contribution is 0.385. The fourth-order valence-electron chi connectivity index (χ4n) is 2.44. The van der Waals surface area contributed by atoms with Crippen molar-refractivity contribution in [1.82, 2.24) is 0 Å². The number of sulfonamides is 1. The van der Waals surface area contributed by atoms with Gasteiger partial charge in [-0.2, -0.15) is 0 Å². The second kappa shape index (κ2) is 8.01. The Balaban J connectivity index is 2.62. The summed E-state index contributed by atoms with van der Waals surface area (Å²) in [6, 6.07) is 6.37. The highest BCUT2D eigenvalue weighted by atomic mass is 35.5. The predicted molar refractivity (Wildman–Crippen MR) is 97.7 cm³/mol. The highest BCUT2D eigenvalue weighted by molar-refractivity contribution is 7.92. The Kier molecular flexibility index (Phi) is 6.20. The molecule has 0 N–H and O–H groups in total. The maximum absolute atomic E-state index is 14.0. The van der Waals surface area contributed by atoms with Crippen molar-refractivity contribution in [3.63, 3.8) is 0 Å². The average Bonchev–Trinajstić information content (AvgIpc) is 2.62. The van der Waals surface area contributed by atoms with E-state index in [0.717, 1.165) is 10.4 Å². The summed E-state index contributed by atoms with van der Waals surface area (Å²) < 4.78 is 56.5. The van der Waals surface area contributed by atoms with Gasteiger partial charge in [0.15, 0.2) is 11.6 Å². The second-order valence-corrected chi connectivity index (χ2v) is 7.39. The maximum Gasteiger partial charge on any atom is 0.264 e. The molecule has 9 heteroatoms. The van der Waals surface area contributed by atoms with Gasteiger partial charge in [0.1, 0.15) is 11.5 Å². The third kappa shape index (κ3) is 3.66. The lowest BCUT2D eigenvalue weighted by Crippen LogP contribution is -2.31. The molecule has 0 heterocycles. The van der Waals surface area contributed by atoms with E-state index >= 15 is 0 Å². The minimum Gasteiger partial charge on any atom is -0.495 e. The molecule has 0 saturated carbocycles. The van der Waals surface area contributed by atoms with E-state index in [-0.39, 0.29) is 39.4 Å². The van der Waals surface area contributed by atoms with Crippen LogP contribution in [0, 0.1) is 5.82 Å². The van der Waals surface area contributed by atoms with Gasteiger partial charge in [0.2, 0.25) is 0 Å². The van der Waals surface area contributed by atoms with Gasteiger partial charge in [-0.1, -0.05) is 11.6 Å². The Hall–Kier alpha value is -2.19. The van der Waals surface area contributed by atoms with Gasteiger partial charge in [0.25, 0.3) is 10.0 Å². The molecule has 0 aromatic heterocycles. The minimum atomic E-state index is -4.06. The Morgan fingerprint density at radius 1 is 1.00 bits per heavy atom. The van der Waals surface area contributed by atoms with Crippen LogP contribution in [0.15, 0.2) is 35.2 Å². The summed E-state index contributed by atoms with van der Waals surface area (Å²) in [6.45, 7) is 1.73. The summed E-state index contributed by atoms with van der Waals surface area (Å²) in [5.41, 5.74) is 0.229. The lowest BCUT2D eigenvalue weighted by Gasteiger charge is -2.25. The highest BCUT2D eigenvalue weighted by Gasteiger charge is 2.28. The third-order valence-corrected chi connectivity index (χ3v) is 5.90. The monoisotopic (exact) mass is 403 g/mol. The third-order valence-electron chi connectivity index (χ3n) is 3.72. The van der Waals surface area contributed by atoms with E-state index in [4.69, 9.17) is 25.8 Å². The van der Waals surface area contributed by atoms with Crippen LogP contribution < -0.4 is 18.5 Å². The van der Waals surface area contributed by atoms with Crippen molar-refractivity contribution in [1.29, 1.82) is 0 Å². The largest absolute Gasteiger partial charge is 0.495 e. The van der Waals surface area contributed by atoms with E-state index in [1.807, 2.05) is 0 Å². The van der Waals surface area contributed by atoms with Crippen LogP contribution in [0.3, 0.4) is 0 Å². The lowest BCUT2D eigenvalue weighted by atomic mass is 10.2. The number of nitrogens with zero attached hydrogens (tertiary/aromatic N) is 1. The molecule has 0 radical (unpaired) electrons. The van der Waals surface area contributed by atoms with E-state index in [2.05, 4.69) is 0 Å². The zero-order chi connectivity index (χ0) is 19.5. The van der Waals surface area contributed by atoms with E-state index in [1.165, 1.54) is 45.6 Å². The number of rotatable bonds is 7. The molecule has 0 fully saturated rings. The average molecular weight is 404 g/mol. The fourth-order valence-corrected chi connectivity index (χ4v) is 4.16. The summed E-state index contributed by atoms with van der Waals surface area (Å²) in [6.07, 6.45) is 0. The van der Waals surface area contributed by atoms with Gasteiger partial charge in [-0.05, 0) is 25.1 Å². The number of halogens is 2. The Morgan fingerprint density at radius 2 is 1.62 bits per heavy atom. The predicted octanol–water partition coefficient (Wildman–Crippen LogP) is 3.72. The molecular weight excluding hydrogens is 385 g/mol. The number of anilines is 1. The van der Waals surface area contributed by atoms with Gasteiger partial charge < -0.3 is 14.2 Å². The van der Waals surface area contributed by atoms with Crippen LogP contribution in [0.2, 0.25) is 5.02 Å². The van der Waals surface area contributed by atoms with Gasteiger partial charge in [-0.25, -0.2) is 12.8 Å². The number of benzene rings is 2. The van der Waals surface area contributed by atoms with Gasteiger partial charge in [0.05, 0.1) is 36.9 Å². The SMILES string of the molecule is CCN(c1cc(OC)c(Cl)cc1OC)S(=O)(=O)c1ccc(OC)c(F)c1. The molecule has 0 bridgehead atoms. The van der Waals surface area contributed by atoms with Crippen LogP contribution in [-0.2, 0) is 10.0 Å². The van der Waals surface area contributed by atoms with Crippen molar-refractivity contribution in [2.24, 2.45) is 0 Å². The summed E-state index contributed by atoms with van der Waals surface area (Å²) in [5, 5.41) is 0.275. The van der Waals surface area contributed by atoms with Crippen molar-refractivity contribution < 1.29 is 27.0 Å². The number of methoxy groups -OCH3 is 3. The van der Waals surface area contributed by atoms with E-state index in [9.17, 15) is 12.8 Å². The molecule has 0 amide bonds. The number of hydrogen-bond donors (Lipinski definition) is 0. The van der Waals surface area contributed by atoms with Crippen LogP contribution in [0.4, 0.5) is 10.1 Å². The Morgan fingerprint density at radius 3 is 2.12 bits per heavy atom. The smallest absolute Gasteiger partial charge is 0.264 e. The van der Waals surface area contributed by atoms with E-state index in [0.29, 0.717) is 0 Å². The Bertz CT molecular complexity index is 904. The highest BCUT2D eigenvalue weighted by Crippen LogP contribution is 2.40. The zero-order valence-corrected chi connectivity index (χ0v) is 16.3. The molecule has 2 aromatic rings. The van der Waals surface area contributed by atoms with E-state index in [1.54, 1.807) is 6.92 Å². The first kappa shape index (κ1) is 20.1. The first-order valence-electron chi connectivity index (χ1n) is 7.57. The van der Waals surface area contributed by atoms with Crippen molar-refractivity contribution >= 4 is 27.3 Å². The van der Waals surface area contributed by atoms with Crippen LogP contribution in [0.25, 0.3) is 0 Å². The molecule has 0 saturated heterocycles. The first-order chi connectivity index (χ1) is 12.3. The normalized spacial score (nSPS) is 11.2. The number of ether oxygens (including phenoxy) is 3. The quantitative estimate of drug-likeness (QED) is 0.705. The molecule has 0 aliphatic rings. The van der Waals surface area contributed by atoms with Gasteiger partial charge in [-0.3, -0.25) is 4.31 Å². The second-order valence-electron chi connectivity index (χ2n) is 5.12. The molecule has 2 aromatic carbocycles. The molecule has 0 unspecified atom stereocenters. The van der Waals surface area contributed by atoms with Crippen LogP contribution in [0.1, 0.15) is 6.92 Å². The number of hydrogen-bond acceptors (Lipinski definition) is 5. The summed E-state index contributed by atoms with van der Waals surface area (Å²) >= 11 is 6.08. The molecule has 26 heavy (non-hydrogen) atoms. The van der Waals surface area contributed by atoms with Crippen LogP contribution in [0.5, 0.6) is 17.2 Å². The molecular formula is C17H19ClFNO5S. The maximum atomic E-state index is 14.0. The van der Waals surface area contributed by atoms with Crippen LogP contribution in [-0.4, -0.2) is 36.3 Å². The molecule has 142 valence electrons. The van der Waals surface area contributed by atoms with Gasteiger partial charge >= 0.3 is 0 Å². The van der Waals surface area contributed by atoms with Gasteiger partial charge in [0, 0.05) is 18.7 Å². The van der Waals surface area contributed by atoms with Crippen molar-refractivity contribution in [2.75, 3.05) is 32.2 Å². The Labute approximate surface area is 157 Å². The molecule has 0 aliphatic heterocycles. The minimum absolute atomic E-state index is 0.0438. The van der Waals surface area contributed by atoms with Crippen molar-refractivity contribution in [3.05, 3.63) is 41.2 Å². The fraction of sp³-hybridized carbons (Fsp3) is 0.294. The molecule has 2 rings (SSSR count). The molecule has 0 atom stereocenters.